The third-order valence-electron chi connectivity index (χ3n) is 3.22. The summed E-state index contributed by atoms with van der Waals surface area (Å²) in [6.45, 7) is 5.69. The van der Waals surface area contributed by atoms with E-state index in [0.29, 0.717) is 5.82 Å². The zero-order valence-electron chi connectivity index (χ0n) is 10.8. The highest BCUT2D eigenvalue weighted by atomic mass is 32.1. The Kier molecular flexibility index (Phi) is 3.21. The molecule has 18 heavy (non-hydrogen) atoms. The van der Waals surface area contributed by atoms with Gasteiger partial charge in [0, 0.05) is 11.9 Å². The maximum Gasteiger partial charge on any atom is 0.326 e. The molecule has 2 aromatic heterocycles. The molecule has 1 unspecified atom stereocenters. The van der Waals surface area contributed by atoms with Crippen LogP contribution in [0.3, 0.4) is 0 Å². The number of rotatable bonds is 3. The summed E-state index contributed by atoms with van der Waals surface area (Å²) in [6.07, 6.45) is 1.48. The molecule has 2 rings (SSSR count). The van der Waals surface area contributed by atoms with Crippen LogP contribution in [0.2, 0.25) is 0 Å². The fourth-order valence-corrected chi connectivity index (χ4v) is 2.77. The minimum atomic E-state index is -0.867. The number of anilines is 1. The summed E-state index contributed by atoms with van der Waals surface area (Å²) in [6, 6.07) is -0.622. The van der Waals surface area contributed by atoms with Crippen LogP contribution in [0.15, 0.2) is 6.33 Å². The predicted octanol–water partition coefficient (Wildman–Crippen LogP) is 2.22. The van der Waals surface area contributed by atoms with Crippen molar-refractivity contribution in [3.8, 4) is 0 Å². The van der Waals surface area contributed by atoms with Gasteiger partial charge in [0.15, 0.2) is 0 Å². The highest BCUT2D eigenvalue weighted by Gasteiger charge is 2.22. The molecule has 0 aliphatic heterocycles. The number of likely N-dealkylation sites (N-methyl/N-ethyl adjacent to an activating group) is 1. The van der Waals surface area contributed by atoms with Crippen LogP contribution in [0.5, 0.6) is 0 Å². The first-order chi connectivity index (χ1) is 8.43. The number of hydrogen-bond donors (Lipinski definition) is 1. The summed E-state index contributed by atoms with van der Waals surface area (Å²) in [7, 11) is 1.74. The number of aliphatic carboxylic acids is 1. The van der Waals surface area contributed by atoms with Crippen LogP contribution in [0.4, 0.5) is 5.82 Å². The summed E-state index contributed by atoms with van der Waals surface area (Å²) >= 11 is 1.61. The van der Waals surface area contributed by atoms with Crippen molar-refractivity contribution in [2.75, 3.05) is 11.9 Å². The first-order valence-electron chi connectivity index (χ1n) is 5.59. The Morgan fingerprint density at radius 3 is 2.72 bits per heavy atom. The number of aryl methyl sites for hydroxylation is 2. The SMILES string of the molecule is Cc1sc2ncnc(N(C)C(C)C(=O)O)c2c1C. The number of thiophene rings is 1. The van der Waals surface area contributed by atoms with Gasteiger partial charge in [-0.25, -0.2) is 14.8 Å². The normalized spacial score (nSPS) is 12.7. The molecule has 0 aliphatic carbocycles. The van der Waals surface area contributed by atoms with E-state index in [2.05, 4.69) is 9.97 Å². The molecule has 0 aliphatic rings. The lowest BCUT2D eigenvalue weighted by atomic mass is 10.2. The monoisotopic (exact) mass is 265 g/mol. The zero-order chi connectivity index (χ0) is 13.4. The van der Waals surface area contributed by atoms with E-state index < -0.39 is 12.0 Å². The molecule has 0 radical (unpaired) electrons. The van der Waals surface area contributed by atoms with Gasteiger partial charge in [0.2, 0.25) is 0 Å². The third kappa shape index (κ3) is 1.92. The number of aromatic nitrogens is 2. The van der Waals surface area contributed by atoms with Gasteiger partial charge in [0.25, 0.3) is 0 Å². The van der Waals surface area contributed by atoms with Crippen molar-refractivity contribution in [3.63, 3.8) is 0 Å². The van der Waals surface area contributed by atoms with Gasteiger partial charge in [-0.1, -0.05) is 0 Å². The molecular formula is C12H15N3O2S. The largest absolute Gasteiger partial charge is 0.480 e. The molecule has 0 amide bonds. The van der Waals surface area contributed by atoms with Gasteiger partial charge in [0.1, 0.15) is 23.0 Å². The Balaban J connectivity index is 2.60. The molecule has 0 saturated carbocycles. The van der Waals surface area contributed by atoms with Crippen molar-refractivity contribution < 1.29 is 9.90 Å². The van der Waals surface area contributed by atoms with Crippen molar-refractivity contribution >= 4 is 33.3 Å². The molecule has 0 aromatic carbocycles. The topological polar surface area (TPSA) is 66.3 Å². The predicted molar refractivity (Wildman–Crippen MR) is 72.4 cm³/mol. The maximum absolute atomic E-state index is 11.1. The molecule has 5 nitrogen and oxygen atoms in total. The molecule has 6 heteroatoms. The molecule has 0 saturated heterocycles. The van der Waals surface area contributed by atoms with Gasteiger partial charge in [-0.15, -0.1) is 11.3 Å². The lowest BCUT2D eigenvalue weighted by Crippen LogP contribution is -2.36. The summed E-state index contributed by atoms with van der Waals surface area (Å²) in [5, 5.41) is 10.0. The molecule has 0 bridgehead atoms. The minimum absolute atomic E-state index is 0.622. The standard InChI is InChI=1S/C12H15N3O2S/c1-6-8(3)18-11-9(6)10(13-5-14-11)15(4)7(2)12(16)17/h5,7H,1-4H3,(H,16,17). The smallest absolute Gasteiger partial charge is 0.326 e. The molecule has 96 valence electrons. The summed E-state index contributed by atoms with van der Waals surface area (Å²) < 4.78 is 0. The van der Waals surface area contributed by atoms with E-state index in [1.807, 2.05) is 13.8 Å². The second kappa shape index (κ2) is 4.53. The van der Waals surface area contributed by atoms with Gasteiger partial charge < -0.3 is 10.0 Å². The Labute approximate surface area is 109 Å². The lowest BCUT2D eigenvalue weighted by molar-refractivity contribution is -0.138. The fraction of sp³-hybridized carbons (Fsp3) is 0.417. The zero-order valence-corrected chi connectivity index (χ0v) is 11.6. The number of hydrogen-bond acceptors (Lipinski definition) is 5. The van der Waals surface area contributed by atoms with Crippen LogP contribution in [-0.2, 0) is 4.79 Å². The number of nitrogens with zero attached hydrogens (tertiary/aromatic N) is 3. The third-order valence-corrected chi connectivity index (χ3v) is 4.33. The number of carbonyl (C=O) groups is 1. The van der Waals surface area contributed by atoms with E-state index >= 15 is 0 Å². The average molecular weight is 265 g/mol. The molecule has 0 spiro atoms. The van der Waals surface area contributed by atoms with Crippen LogP contribution in [-0.4, -0.2) is 34.1 Å². The van der Waals surface area contributed by atoms with E-state index in [1.54, 1.807) is 30.2 Å². The summed E-state index contributed by atoms with van der Waals surface area (Å²) in [5.74, 6) is -0.189. The molecule has 2 heterocycles. The Hall–Kier alpha value is -1.69. The van der Waals surface area contributed by atoms with Crippen molar-refractivity contribution in [1.82, 2.24) is 9.97 Å². The van der Waals surface area contributed by atoms with Gasteiger partial charge >= 0.3 is 5.97 Å². The summed E-state index contributed by atoms with van der Waals surface area (Å²) in [5.41, 5.74) is 1.12. The van der Waals surface area contributed by atoms with Gasteiger partial charge in [-0.3, -0.25) is 0 Å². The molecule has 0 fully saturated rings. The maximum atomic E-state index is 11.1. The molecule has 1 N–H and O–H groups in total. The van der Waals surface area contributed by atoms with Crippen molar-refractivity contribution in [2.24, 2.45) is 0 Å². The highest BCUT2D eigenvalue weighted by molar-refractivity contribution is 7.18. The average Bonchev–Trinajstić information content (AvgIpc) is 2.63. The first-order valence-corrected chi connectivity index (χ1v) is 6.41. The van der Waals surface area contributed by atoms with E-state index in [-0.39, 0.29) is 0 Å². The number of fused-ring (bicyclic) bond motifs is 1. The summed E-state index contributed by atoms with van der Waals surface area (Å²) in [4.78, 5) is 23.3. The van der Waals surface area contributed by atoms with Crippen LogP contribution in [0.25, 0.3) is 10.2 Å². The number of carboxylic acids is 1. The fourth-order valence-electron chi connectivity index (χ4n) is 1.78. The first kappa shape index (κ1) is 12.8. The van der Waals surface area contributed by atoms with E-state index in [0.717, 1.165) is 15.8 Å². The second-order valence-corrected chi connectivity index (χ2v) is 5.49. The van der Waals surface area contributed by atoms with E-state index in [4.69, 9.17) is 5.11 Å². The van der Waals surface area contributed by atoms with Gasteiger partial charge in [0.05, 0.1) is 5.39 Å². The van der Waals surface area contributed by atoms with Crippen molar-refractivity contribution in [3.05, 3.63) is 16.8 Å². The van der Waals surface area contributed by atoms with Crippen LogP contribution >= 0.6 is 11.3 Å². The van der Waals surface area contributed by atoms with Crippen LogP contribution in [0, 0.1) is 13.8 Å². The molecular weight excluding hydrogens is 250 g/mol. The van der Waals surface area contributed by atoms with Crippen LogP contribution in [0.1, 0.15) is 17.4 Å². The van der Waals surface area contributed by atoms with Crippen LogP contribution < -0.4 is 4.90 Å². The van der Waals surface area contributed by atoms with E-state index in [9.17, 15) is 4.79 Å². The quantitative estimate of drug-likeness (QED) is 0.921. The molecule has 2 aromatic rings. The lowest BCUT2D eigenvalue weighted by Gasteiger charge is -2.23. The van der Waals surface area contributed by atoms with Crippen molar-refractivity contribution in [2.45, 2.75) is 26.8 Å². The second-order valence-electron chi connectivity index (χ2n) is 4.29. The Bertz CT molecular complexity index is 609. The highest BCUT2D eigenvalue weighted by Crippen LogP contribution is 2.34. The number of carboxylic acid groups (broad SMARTS) is 1. The van der Waals surface area contributed by atoms with Crippen molar-refractivity contribution in [1.29, 1.82) is 0 Å². The minimum Gasteiger partial charge on any atom is -0.480 e. The van der Waals surface area contributed by atoms with Gasteiger partial charge in [-0.2, -0.15) is 0 Å². The molecule has 1 atom stereocenters. The Morgan fingerprint density at radius 1 is 1.44 bits per heavy atom. The Morgan fingerprint density at radius 2 is 2.11 bits per heavy atom. The van der Waals surface area contributed by atoms with Gasteiger partial charge in [-0.05, 0) is 26.3 Å². The van der Waals surface area contributed by atoms with E-state index in [1.165, 1.54) is 11.2 Å².